The minimum atomic E-state index is 0.599. The van der Waals surface area contributed by atoms with Gasteiger partial charge in [0.15, 0.2) is 17.5 Å². The Hall–Kier alpha value is -7.21. The summed E-state index contributed by atoms with van der Waals surface area (Å²) in [4.78, 5) is 15.4. The molecular weight excluding hydrogens is 703 g/mol. The minimum absolute atomic E-state index is 0.599. The van der Waals surface area contributed by atoms with Crippen molar-refractivity contribution in [1.29, 1.82) is 0 Å². The number of hydrogen-bond acceptors (Lipinski definition) is 5. The van der Waals surface area contributed by atoms with E-state index >= 15 is 0 Å². The average molecular weight is 734 g/mol. The van der Waals surface area contributed by atoms with Crippen molar-refractivity contribution in [3.8, 4) is 67.5 Å². The highest BCUT2D eigenvalue weighted by Gasteiger charge is 2.22. The van der Waals surface area contributed by atoms with Crippen LogP contribution in [0.3, 0.4) is 0 Å². The molecule has 0 unspecified atom stereocenters. The van der Waals surface area contributed by atoms with Crippen molar-refractivity contribution < 1.29 is 4.42 Å². The van der Waals surface area contributed by atoms with Crippen molar-refractivity contribution in [2.45, 2.75) is 0 Å². The quantitative estimate of drug-likeness (QED) is 0.171. The van der Waals surface area contributed by atoms with Gasteiger partial charge in [-0.05, 0) is 52.1 Å². The minimum Gasteiger partial charge on any atom is -0.455 e. The molecule has 0 radical (unpaired) electrons. The SMILES string of the molecule is c1ccc(-c2ccc(-c3nc(-c4ccccc4)nc(-c4cc(-c5ccc(-c6ccccc6)c6sc7ccccc7c56)c5oc6ccccc6c5c4)n3)cc2)cc1. The van der Waals surface area contributed by atoms with Crippen molar-refractivity contribution in [3.05, 3.63) is 188 Å². The summed E-state index contributed by atoms with van der Waals surface area (Å²) in [5, 5.41) is 4.50. The van der Waals surface area contributed by atoms with Gasteiger partial charge in [0.05, 0.1) is 0 Å². The number of para-hydroxylation sites is 1. The number of nitrogens with zero attached hydrogens (tertiary/aromatic N) is 3. The van der Waals surface area contributed by atoms with Crippen molar-refractivity contribution >= 4 is 53.4 Å². The van der Waals surface area contributed by atoms with Crippen molar-refractivity contribution in [2.75, 3.05) is 0 Å². The van der Waals surface area contributed by atoms with Crippen LogP contribution in [0.4, 0.5) is 0 Å². The summed E-state index contributed by atoms with van der Waals surface area (Å²) in [7, 11) is 0. The summed E-state index contributed by atoms with van der Waals surface area (Å²) in [5.74, 6) is 1.84. The number of fused-ring (bicyclic) bond motifs is 6. The largest absolute Gasteiger partial charge is 0.455 e. The first-order chi connectivity index (χ1) is 27.7. The number of rotatable bonds is 6. The second-order valence-corrected chi connectivity index (χ2v) is 15.0. The number of benzene rings is 8. The van der Waals surface area contributed by atoms with Gasteiger partial charge in [0.1, 0.15) is 11.2 Å². The van der Waals surface area contributed by atoms with Gasteiger partial charge in [0.2, 0.25) is 0 Å². The van der Waals surface area contributed by atoms with E-state index in [1.165, 1.54) is 31.3 Å². The van der Waals surface area contributed by atoms with E-state index in [-0.39, 0.29) is 0 Å². The molecule has 4 nitrogen and oxygen atoms in total. The zero-order valence-electron chi connectivity index (χ0n) is 30.1. The van der Waals surface area contributed by atoms with E-state index in [9.17, 15) is 0 Å². The number of furan rings is 1. The molecule has 0 aliphatic carbocycles. The highest BCUT2D eigenvalue weighted by molar-refractivity contribution is 7.26. The molecule has 0 saturated heterocycles. The third-order valence-electron chi connectivity index (χ3n) is 10.6. The molecule has 56 heavy (non-hydrogen) atoms. The van der Waals surface area contributed by atoms with E-state index in [0.29, 0.717) is 17.5 Å². The summed E-state index contributed by atoms with van der Waals surface area (Å²) < 4.78 is 9.26. The molecule has 0 fully saturated rings. The second kappa shape index (κ2) is 13.3. The predicted molar refractivity (Wildman–Crippen MR) is 233 cm³/mol. The van der Waals surface area contributed by atoms with Gasteiger partial charge in [0, 0.05) is 53.2 Å². The van der Waals surface area contributed by atoms with Crippen molar-refractivity contribution in [2.24, 2.45) is 0 Å². The van der Waals surface area contributed by atoms with Crippen LogP contribution in [0.15, 0.2) is 192 Å². The Balaban J connectivity index is 1.17. The Kier molecular flexibility index (Phi) is 7.64. The highest BCUT2D eigenvalue weighted by Crippen LogP contribution is 2.48. The van der Waals surface area contributed by atoms with E-state index in [1.807, 2.05) is 59.9 Å². The molecule has 0 atom stereocenters. The van der Waals surface area contributed by atoms with Crippen molar-refractivity contribution in [1.82, 2.24) is 15.0 Å². The summed E-state index contributed by atoms with van der Waals surface area (Å²) >= 11 is 1.84. The molecule has 0 amide bonds. The van der Waals surface area contributed by atoms with Crippen LogP contribution in [0.1, 0.15) is 0 Å². The van der Waals surface area contributed by atoms with Gasteiger partial charge in [0.25, 0.3) is 0 Å². The molecule has 0 saturated carbocycles. The molecule has 3 aromatic heterocycles. The topological polar surface area (TPSA) is 51.8 Å². The molecule has 0 aliphatic heterocycles. The van der Waals surface area contributed by atoms with Gasteiger partial charge in [-0.1, -0.05) is 164 Å². The van der Waals surface area contributed by atoms with Crippen LogP contribution in [0, 0.1) is 0 Å². The van der Waals surface area contributed by atoms with Crippen LogP contribution < -0.4 is 0 Å². The monoisotopic (exact) mass is 733 g/mol. The molecule has 0 N–H and O–H groups in total. The lowest BCUT2D eigenvalue weighted by Gasteiger charge is -2.13. The third-order valence-corrected chi connectivity index (χ3v) is 11.8. The molecule has 0 aliphatic rings. The molecule has 5 heteroatoms. The number of hydrogen-bond donors (Lipinski definition) is 0. The second-order valence-electron chi connectivity index (χ2n) is 13.9. The summed E-state index contributed by atoms with van der Waals surface area (Å²) in [6, 6.07) is 65.5. The van der Waals surface area contributed by atoms with Crippen molar-refractivity contribution in [3.63, 3.8) is 0 Å². The van der Waals surface area contributed by atoms with E-state index < -0.39 is 0 Å². The number of aromatic nitrogens is 3. The zero-order chi connectivity index (χ0) is 37.0. The normalized spacial score (nSPS) is 11.6. The molecule has 11 rings (SSSR count). The maximum atomic E-state index is 6.77. The van der Waals surface area contributed by atoms with E-state index in [2.05, 4.69) is 140 Å². The van der Waals surface area contributed by atoms with Crippen LogP contribution in [0.25, 0.3) is 110 Å². The molecule has 8 aromatic carbocycles. The lowest BCUT2D eigenvalue weighted by atomic mass is 9.92. The van der Waals surface area contributed by atoms with Crippen LogP contribution in [-0.2, 0) is 0 Å². The standard InChI is InChI=1S/C51H31N3OS/c1-4-14-32(15-5-1)33-24-26-36(27-25-33)50-52-49(35-18-8-3-9-19-35)53-51(54-50)37-30-42-39-20-10-12-22-44(39)55-47(42)43(31-37)40-29-28-38(34-16-6-2-7-17-34)48-46(40)41-21-11-13-23-45(41)56-48/h1-31H. The summed E-state index contributed by atoms with van der Waals surface area (Å²) in [5.41, 5.74) is 11.2. The Morgan fingerprint density at radius 1 is 0.357 bits per heavy atom. The van der Waals surface area contributed by atoms with E-state index in [4.69, 9.17) is 19.4 Å². The fourth-order valence-electron chi connectivity index (χ4n) is 7.85. The lowest BCUT2D eigenvalue weighted by molar-refractivity contribution is 0.670. The summed E-state index contributed by atoms with van der Waals surface area (Å²) in [6.07, 6.45) is 0. The first kappa shape index (κ1) is 32.2. The fourth-order valence-corrected chi connectivity index (χ4v) is 9.11. The first-order valence-corrected chi connectivity index (χ1v) is 19.5. The Morgan fingerprint density at radius 2 is 0.875 bits per heavy atom. The van der Waals surface area contributed by atoms with Gasteiger partial charge >= 0.3 is 0 Å². The molecule has 0 bridgehead atoms. The Bertz CT molecular complexity index is 3230. The maximum Gasteiger partial charge on any atom is 0.164 e. The van der Waals surface area contributed by atoms with Crippen LogP contribution >= 0.6 is 11.3 Å². The summed E-state index contributed by atoms with van der Waals surface area (Å²) in [6.45, 7) is 0. The van der Waals surface area contributed by atoms with Crippen LogP contribution in [0.5, 0.6) is 0 Å². The van der Waals surface area contributed by atoms with Gasteiger partial charge in [-0.2, -0.15) is 0 Å². The highest BCUT2D eigenvalue weighted by atomic mass is 32.1. The number of thiophene rings is 1. The third kappa shape index (κ3) is 5.48. The molecule has 3 heterocycles. The Morgan fingerprint density at radius 3 is 1.59 bits per heavy atom. The van der Waals surface area contributed by atoms with Gasteiger partial charge < -0.3 is 4.42 Å². The molecule has 11 aromatic rings. The van der Waals surface area contributed by atoms with E-state index in [0.717, 1.165) is 60.9 Å². The van der Waals surface area contributed by atoms with Gasteiger partial charge in [-0.25, -0.2) is 15.0 Å². The fraction of sp³-hybridized carbons (Fsp3) is 0. The molecule has 262 valence electrons. The maximum absolute atomic E-state index is 6.77. The lowest BCUT2D eigenvalue weighted by Crippen LogP contribution is -2.00. The van der Waals surface area contributed by atoms with Gasteiger partial charge in [-0.15, -0.1) is 11.3 Å². The van der Waals surface area contributed by atoms with Gasteiger partial charge in [-0.3, -0.25) is 0 Å². The Labute approximate surface area is 327 Å². The molecular formula is C51H31N3OS. The van der Waals surface area contributed by atoms with Crippen LogP contribution in [-0.4, -0.2) is 15.0 Å². The first-order valence-electron chi connectivity index (χ1n) is 18.7. The smallest absolute Gasteiger partial charge is 0.164 e. The van der Waals surface area contributed by atoms with Crippen LogP contribution in [0.2, 0.25) is 0 Å². The average Bonchev–Trinajstić information content (AvgIpc) is 3.86. The zero-order valence-corrected chi connectivity index (χ0v) is 30.9. The molecule has 0 spiro atoms. The van der Waals surface area contributed by atoms with E-state index in [1.54, 1.807) is 0 Å². The predicted octanol–water partition coefficient (Wildman–Crippen LogP) is 14.1.